The molecule has 3 amide bonds. The van der Waals surface area contributed by atoms with E-state index in [0.29, 0.717) is 29.5 Å². The lowest BCUT2D eigenvalue weighted by Gasteiger charge is -2.21. The van der Waals surface area contributed by atoms with Crippen LogP contribution in [0.15, 0.2) is 41.3 Å². The van der Waals surface area contributed by atoms with E-state index in [4.69, 9.17) is 9.84 Å². The summed E-state index contributed by atoms with van der Waals surface area (Å²) in [6, 6.07) is 7.97. The molecule has 45 heavy (non-hydrogen) atoms. The van der Waals surface area contributed by atoms with Crippen LogP contribution in [0.25, 0.3) is 0 Å². The molecule has 0 radical (unpaired) electrons. The van der Waals surface area contributed by atoms with E-state index >= 15 is 0 Å². The lowest BCUT2D eigenvalue weighted by Crippen LogP contribution is -2.41. The molecule has 1 aromatic carbocycles. The summed E-state index contributed by atoms with van der Waals surface area (Å²) >= 11 is 0. The monoisotopic (exact) mass is 637 g/mol. The van der Waals surface area contributed by atoms with Gasteiger partial charge in [-0.3, -0.25) is 23.7 Å². The maximum Gasteiger partial charge on any atom is 0.351 e. The molecule has 3 rings (SSSR count). The second kappa shape index (κ2) is 16.7. The minimum atomic E-state index is -3.87. The van der Waals surface area contributed by atoms with Gasteiger partial charge in [0.05, 0.1) is 13.7 Å². The van der Waals surface area contributed by atoms with Crippen molar-refractivity contribution in [2.45, 2.75) is 82.3 Å². The first-order chi connectivity index (χ1) is 21.4. The smallest absolute Gasteiger partial charge is 0.351 e. The number of ether oxygens (including phenoxy) is 2. The molecular formula is C29H37F2N5O9. The number of aromatic nitrogens is 2. The number of hydrogen-bond acceptors (Lipinski definition) is 10. The summed E-state index contributed by atoms with van der Waals surface area (Å²) in [7, 11) is 1.35. The Balaban J connectivity index is 1.35. The van der Waals surface area contributed by atoms with Crippen molar-refractivity contribution in [1.29, 1.82) is 0 Å². The zero-order valence-electron chi connectivity index (χ0n) is 24.7. The second-order valence-electron chi connectivity index (χ2n) is 10.4. The Labute approximate surface area is 257 Å². The highest BCUT2D eigenvalue weighted by atomic mass is 19.3. The van der Waals surface area contributed by atoms with Gasteiger partial charge in [0, 0.05) is 44.1 Å². The number of halogens is 2. The molecule has 1 fully saturated rings. The standard InChI is InChI=1S/C29H37F2N5O9/c1-44-25(41)7-5-3-2-4-6-23(39)33-19-10-8-18(9-11-19)16-32-22(38)12-13-24(40)34-21-14-15-36(28(43)35-21)27-29(30,31)26(42)20(17-37)45-27/h8-11,14-15,20,26-27,37,42H,2-7,12-13,16-17H2,1H3,(H,32,38)(H,33,39)(H,34,35,40,43). The van der Waals surface area contributed by atoms with Crippen molar-refractivity contribution >= 4 is 35.2 Å². The van der Waals surface area contributed by atoms with E-state index in [1.54, 1.807) is 24.3 Å². The summed E-state index contributed by atoms with van der Waals surface area (Å²) in [4.78, 5) is 63.5. The highest BCUT2D eigenvalue weighted by Gasteiger charge is 2.59. The predicted octanol–water partition coefficient (Wildman–Crippen LogP) is 1.62. The van der Waals surface area contributed by atoms with Gasteiger partial charge >= 0.3 is 17.6 Å². The predicted molar refractivity (Wildman–Crippen MR) is 155 cm³/mol. The number of nitrogens with zero attached hydrogens (tertiary/aromatic N) is 2. The third kappa shape index (κ3) is 10.4. The van der Waals surface area contributed by atoms with Gasteiger partial charge in [0.2, 0.25) is 23.9 Å². The largest absolute Gasteiger partial charge is 0.469 e. The summed E-state index contributed by atoms with van der Waals surface area (Å²) in [6.45, 7) is -0.701. The molecule has 1 aromatic heterocycles. The first-order valence-corrected chi connectivity index (χ1v) is 14.4. The van der Waals surface area contributed by atoms with Gasteiger partial charge in [0.1, 0.15) is 11.9 Å². The second-order valence-corrected chi connectivity index (χ2v) is 10.4. The number of hydrogen-bond donors (Lipinski definition) is 5. The summed E-state index contributed by atoms with van der Waals surface area (Å²) in [5, 5.41) is 26.5. The number of nitrogens with one attached hydrogen (secondary N) is 3. The number of esters is 1. The van der Waals surface area contributed by atoms with Crippen LogP contribution in [0.1, 0.15) is 63.2 Å². The molecule has 0 bridgehead atoms. The van der Waals surface area contributed by atoms with Crippen molar-refractivity contribution in [2.75, 3.05) is 24.4 Å². The molecule has 3 unspecified atom stereocenters. The minimum absolute atomic E-state index is 0.126. The fraction of sp³-hybridized carbons (Fsp3) is 0.517. The van der Waals surface area contributed by atoms with E-state index in [2.05, 4.69) is 25.7 Å². The molecule has 0 aliphatic carbocycles. The Morgan fingerprint density at radius 1 is 0.956 bits per heavy atom. The van der Waals surface area contributed by atoms with E-state index in [1.165, 1.54) is 7.11 Å². The van der Waals surface area contributed by atoms with Crippen molar-refractivity contribution < 1.29 is 47.6 Å². The Bertz CT molecular complexity index is 1390. The molecule has 2 aromatic rings. The molecule has 5 N–H and O–H groups in total. The van der Waals surface area contributed by atoms with Gasteiger partial charge in [-0.25, -0.2) is 4.79 Å². The van der Waals surface area contributed by atoms with E-state index < -0.39 is 48.5 Å². The van der Waals surface area contributed by atoms with Gasteiger partial charge in [-0.05, 0) is 36.6 Å². The Kier molecular flexibility index (Phi) is 13.1. The number of carbonyl (C=O) groups excluding carboxylic acids is 4. The van der Waals surface area contributed by atoms with Crippen LogP contribution in [-0.2, 0) is 35.2 Å². The van der Waals surface area contributed by atoms with Crippen molar-refractivity contribution in [3.05, 3.63) is 52.6 Å². The van der Waals surface area contributed by atoms with Crippen molar-refractivity contribution in [2.24, 2.45) is 0 Å². The number of rotatable bonds is 16. The number of methoxy groups -OCH3 is 1. The SMILES string of the molecule is COC(=O)CCCCCCC(=O)Nc1ccc(CNC(=O)CCC(=O)Nc2ccn(C3OC(CO)C(O)C3(F)F)c(=O)n2)cc1. The maximum atomic E-state index is 14.3. The van der Waals surface area contributed by atoms with Gasteiger partial charge in [-0.2, -0.15) is 13.8 Å². The number of benzene rings is 1. The molecule has 3 atom stereocenters. The van der Waals surface area contributed by atoms with E-state index in [9.17, 15) is 37.9 Å². The third-order valence-corrected chi connectivity index (χ3v) is 6.98. The average Bonchev–Trinajstić information content (AvgIpc) is 3.24. The number of aliphatic hydroxyl groups is 2. The Hall–Kier alpha value is -4.28. The van der Waals surface area contributed by atoms with Gasteiger partial charge in [-0.1, -0.05) is 25.0 Å². The van der Waals surface area contributed by atoms with E-state index in [-0.39, 0.29) is 37.1 Å². The van der Waals surface area contributed by atoms with E-state index in [0.717, 1.165) is 37.1 Å². The lowest BCUT2D eigenvalue weighted by atomic mass is 10.1. The van der Waals surface area contributed by atoms with Gasteiger partial charge in [-0.15, -0.1) is 0 Å². The molecule has 14 nitrogen and oxygen atoms in total. The van der Waals surface area contributed by atoms with Crippen molar-refractivity contribution in [3.8, 4) is 0 Å². The fourth-order valence-corrected chi connectivity index (χ4v) is 4.44. The number of unbranched alkanes of at least 4 members (excludes halogenated alkanes) is 3. The van der Waals surface area contributed by atoms with Crippen LogP contribution in [0.3, 0.4) is 0 Å². The fourth-order valence-electron chi connectivity index (χ4n) is 4.44. The summed E-state index contributed by atoms with van der Waals surface area (Å²) in [6.07, 6.45) is -1.81. The molecule has 2 heterocycles. The van der Waals surface area contributed by atoms with Crippen LogP contribution in [-0.4, -0.2) is 75.3 Å². The highest BCUT2D eigenvalue weighted by Crippen LogP contribution is 2.42. The molecule has 16 heteroatoms. The van der Waals surface area contributed by atoms with Crippen LogP contribution in [0.4, 0.5) is 20.3 Å². The summed E-state index contributed by atoms with van der Waals surface area (Å²) in [5.74, 6) is -5.53. The normalized spacial score (nSPS) is 18.6. The lowest BCUT2D eigenvalue weighted by molar-refractivity contribution is -0.141. The topological polar surface area (TPSA) is 198 Å². The van der Waals surface area contributed by atoms with Crippen LogP contribution < -0.4 is 21.6 Å². The van der Waals surface area contributed by atoms with Gasteiger partial charge in [0.25, 0.3) is 0 Å². The first-order valence-electron chi connectivity index (χ1n) is 14.4. The van der Waals surface area contributed by atoms with Crippen molar-refractivity contribution in [3.63, 3.8) is 0 Å². The number of alkyl halides is 2. The zero-order chi connectivity index (χ0) is 33.0. The molecule has 1 aliphatic heterocycles. The number of carbonyl (C=O) groups is 4. The van der Waals surface area contributed by atoms with Crippen LogP contribution in [0.5, 0.6) is 0 Å². The van der Waals surface area contributed by atoms with Gasteiger partial charge in [0.15, 0.2) is 6.10 Å². The Morgan fingerprint density at radius 2 is 1.60 bits per heavy atom. The highest BCUT2D eigenvalue weighted by molar-refractivity contribution is 5.92. The van der Waals surface area contributed by atoms with E-state index in [1.807, 2.05) is 0 Å². The quantitative estimate of drug-likeness (QED) is 0.133. The molecule has 246 valence electrons. The minimum Gasteiger partial charge on any atom is -0.469 e. The van der Waals surface area contributed by atoms with Crippen molar-refractivity contribution in [1.82, 2.24) is 14.9 Å². The van der Waals surface area contributed by atoms with Gasteiger partial charge < -0.3 is 35.6 Å². The van der Waals surface area contributed by atoms with Crippen LogP contribution >= 0.6 is 0 Å². The average molecular weight is 638 g/mol. The number of anilines is 2. The molecular weight excluding hydrogens is 600 g/mol. The zero-order valence-corrected chi connectivity index (χ0v) is 24.7. The van der Waals surface area contributed by atoms with Crippen LogP contribution in [0, 0.1) is 0 Å². The molecule has 1 aliphatic rings. The van der Waals surface area contributed by atoms with Crippen LogP contribution in [0.2, 0.25) is 0 Å². The molecule has 1 saturated heterocycles. The third-order valence-electron chi connectivity index (χ3n) is 6.98. The summed E-state index contributed by atoms with van der Waals surface area (Å²) in [5.41, 5.74) is 0.182. The number of aliphatic hydroxyl groups excluding tert-OH is 2. The Morgan fingerprint density at radius 3 is 2.22 bits per heavy atom. The molecule has 0 spiro atoms. The maximum absolute atomic E-state index is 14.3. The first kappa shape index (κ1) is 35.2. The molecule has 0 saturated carbocycles. The number of amides is 3. The summed E-state index contributed by atoms with van der Waals surface area (Å²) < 4.78 is 38.6.